The fourth-order valence-corrected chi connectivity index (χ4v) is 3.66. The first-order valence-electron chi connectivity index (χ1n) is 8.33. The maximum Gasteiger partial charge on any atom is 0.435 e. The number of nitrogens with zero attached hydrogens (tertiary/aromatic N) is 3. The van der Waals surface area contributed by atoms with Crippen molar-refractivity contribution in [2.24, 2.45) is 5.92 Å². The summed E-state index contributed by atoms with van der Waals surface area (Å²) in [5.41, 5.74) is -0.850. The number of amides is 1. The van der Waals surface area contributed by atoms with Crippen LogP contribution < -0.4 is 0 Å². The minimum atomic E-state index is -4.40. The molecule has 0 atom stereocenters. The number of hydrogen-bond acceptors (Lipinski definition) is 2. The highest BCUT2D eigenvalue weighted by molar-refractivity contribution is 5.76. The summed E-state index contributed by atoms with van der Waals surface area (Å²) in [6.07, 6.45) is 3.69. The molecule has 1 amide bonds. The monoisotopic (exact) mass is 329 g/mol. The third-order valence-corrected chi connectivity index (χ3v) is 5.03. The Bertz CT molecular complexity index is 541. The molecule has 23 heavy (non-hydrogen) atoms. The van der Waals surface area contributed by atoms with Crippen LogP contribution >= 0.6 is 0 Å². The standard InChI is InChI=1S/C16H22F3N3O/c17-16(18,19)14-7-10-22(20-14)13-5-8-21(9-6-13)15(23)11-12-3-1-2-4-12/h7,10,12-13H,1-6,8-9,11H2. The molecule has 1 saturated heterocycles. The second-order valence-electron chi connectivity index (χ2n) is 6.65. The van der Waals surface area contributed by atoms with Crippen LogP contribution in [-0.4, -0.2) is 33.7 Å². The number of rotatable bonds is 3. The van der Waals surface area contributed by atoms with Crippen LogP contribution in [-0.2, 0) is 11.0 Å². The van der Waals surface area contributed by atoms with Gasteiger partial charge in [-0.15, -0.1) is 0 Å². The zero-order chi connectivity index (χ0) is 16.4. The van der Waals surface area contributed by atoms with E-state index in [0.717, 1.165) is 18.9 Å². The molecule has 7 heteroatoms. The molecule has 4 nitrogen and oxygen atoms in total. The molecule has 2 aliphatic rings. The number of alkyl halides is 3. The quantitative estimate of drug-likeness (QED) is 0.849. The van der Waals surface area contributed by atoms with Crippen LogP contribution in [0.3, 0.4) is 0 Å². The highest BCUT2D eigenvalue weighted by atomic mass is 19.4. The van der Waals surface area contributed by atoms with Gasteiger partial charge in [0.05, 0.1) is 6.04 Å². The Morgan fingerprint density at radius 1 is 1.17 bits per heavy atom. The summed E-state index contributed by atoms with van der Waals surface area (Å²) in [6, 6.07) is 0.957. The van der Waals surface area contributed by atoms with Crippen LogP contribution in [0.2, 0.25) is 0 Å². The first-order chi connectivity index (χ1) is 10.9. The number of likely N-dealkylation sites (tertiary alicyclic amines) is 1. The van der Waals surface area contributed by atoms with Crippen molar-refractivity contribution >= 4 is 5.91 Å². The van der Waals surface area contributed by atoms with Gasteiger partial charge in [0, 0.05) is 25.7 Å². The Balaban J connectivity index is 1.51. The average Bonchev–Trinajstić information content (AvgIpc) is 3.18. The lowest BCUT2D eigenvalue weighted by molar-refractivity contribution is -0.141. The van der Waals surface area contributed by atoms with Gasteiger partial charge in [0.1, 0.15) is 0 Å². The van der Waals surface area contributed by atoms with E-state index in [4.69, 9.17) is 0 Å². The number of halogens is 3. The summed E-state index contributed by atoms with van der Waals surface area (Å²) in [6.45, 7) is 1.22. The molecular formula is C16H22F3N3O. The first kappa shape index (κ1) is 16.3. The van der Waals surface area contributed by atoms with Gasteiger partial charge in [0.25, 0.3) is 0 Å². The third kappa shape index (κ3) is 3.87. The van der Waals surface area contributed by atoms with E-state index in [1.54, 1.807) is 0 Å². The molecule has 0 radical (unpaired) electrons. The van der Waals surface area contributed by atoms with Gasteiger partial charge in [-0.05, 0) is 37.7 Å². The lowest BCUT2D eigenvalue weighted by atomic mass is 10.0. The summed E-state index contributed by atoms with van der Waals surface area (Å²) in [5, 5.41) is 3.65. The minimum absolute atomic E-state index is 0.0540. The SMILES string of the molecule is O=C(CC1CCCC1)N1CCC(n2ccc(C(F)(F)F)n2)CC1. The minimum Gasteiger partial charge on any atom is -0.343 e. The lowest BCUT2D eigenvalue weighted by Gasteiger charge is -2.32. The second kappa shape index (κ2) is 6.53. The number of aromatic nitrogens is 2. The Kier molecular flexibility index (Phi) is 4.64. The maximum atomic E-state index is 12.6. The van der Waals surface area contributed by atoms with Crippen molar-refractivity contribution in [3.63, 3.8) is 0 Å². The fraction of sp³-hybridized carbons (Fsp3) is 0.750. The summed E-state index contributed by atoms with van der Waals surface area (Å²) in [7, 11) is 0. The maximum absolute atomic E-state index is 12.6. The van der Waals surface area contributed by atoms with E-state index in [-0.39, 0.29) is 11.9 Å². The van der Waals surface area contributed by atoms with Crippen LogP contribution in [0, 0.1) is 5.92 Å². The topological polar surface area (TPSA) is 38.1 Å². The van der Waals surface area contributed by atoms with Crippen LogP contribution in [0.5, 0.6) is 0 Å². The van der Waals surface area contributed by atoms with Gasteiger partial charge < -0.3 is 4.90 Å². The largest absolute Gasteiger partial charge is 0.435 e. The molecule has 1 aliphatic heterocycles. The van der Waals surface area contributed by atoms with Crippen molar-refractivity contribution in [3.05, 3.63) is 18.0 Å². The summed E-state index contributed by atoms with van der Waals surface area (Å²) in [4.78, 5) is 14.2. The van der Waals surface area contributed by atoms with Crippen molar-refractivity contribution in [2.75, 3.05) is 13.1 Å². The molecule has 0 bridgehead atoms. The fourth-order valence-electron chi connectivity index (χ4n) is 3.66. The molecule has 2 heterocycles. The zero-order valence-electron chi connectivity index (χ0n) is 13.1. The van der Waals surface area contributed by atoms with Crippen molar-refractivity contribution in [1.82, 2.24) is 14.7 Å². The van der Waals surface area contributed by atoms with E-state index in [0.29, 0.717) is 38.3 Å². The smallest absolute Gasteiger partial charge is 0.343 e. The Morgan fingerprint density at radius 3 is 2.39 bits per heavy atom. The molecule has 2 fully saturated rings. The predicted molar refractivity (Wildman–Crippen MR) is 78.7 cm³/mol. The van der Waals surface area contributed by atoms with Crippen LogP contribution in [0.1, 0.15) is 56.7 Å². The molecule has 0 aromatic carbocycles. The van der Waals surface area contributed by atoms with Gasteiger partial charge >= 0.3 is 6.18 Å². The molecular weight excluding hydrogens is 307 g/mol. The van der Waals surface area contributed by atoms with E-state index >= 15 is 0 Å². The van der Waals surface area contributed by atoms with Crippen LogP contribution in [0.25, 0.3) is 0 Å². The molecule has 0 spiro atoms. The highest BCUT2D eigenvalue weighted by Crippen LogP contribution is 2.31. The molecule has 1 aliphatic carbocycles. The summed E-state index contributed by atoms with van der Waals surface area (Å²) >= 11 is 0. The number of hydrogen-bond donors (Lipinski definition) is 0. The van der Waals surface area contributed by atoms with Gasteiger partial charge in [-0.1, -0.05) is 12.8 Å². The van der Waals surface area contributed by atoms with Crippen molar-refractivity contribution < 1.29 is 18.0 Å². The van der Waals surface area contributed by atoms with Gasteiger partial charge in [-0.2, -0.15) is 18.3 Å². The highest BCUT2D eigenvalue weighted by Gasteiger charge is 2.34. The molecule has 1 aromatic heterocycles. The van der Waals surface area contributed by atoms with Gasteiger partial charge in [-0.3, -0.25) is 9.48 Å². The van der Waals surface area contributed by atoms with E-state index in [9.17, 15) is 18.0 Å². The van der Waals surface area contributed by atoms with Gasteiger partial charge in [-0.25, -0.2) is 0 Å². The van der Waals surface area contributed by atoms with E-state index in [1.165, 1.54) is 23.7 Å². The van der Waals surface area contributed by atoms with E-state index < -0.39 is 11.9 Å². The van der Waals surface area contributed by atoms with Crippen LogP contribution in [0.4, 0.5) is 13.2 Å². The number of carbonyl (C=O) groups is 1. The number of piperidine rings is 1. The average molecular weight is 329 g/mol. The summed E-state index contributed by atoms with van der Waals surface area (Å²) in [5.74, 6) is 0.729. The first-order valence-corrected chi connectivity index (χ1v) is 8.33. The van der Waals surface area contributed by atoms with Crippen LogP contribution in [0.15, 0.2) is 12.3 Å². The van der Waals surface area contributed by atoms with Gasteiger partial charge in [0.2, 0.25) is 5.91 Å². The van der Waals surface area contributed by atoms with Crippen molar-refractivity contribution in [3.8, 4) is 0 Å². The third-order valence-electron chi connectivity index (χ3n) is 5.03. The van der Waals surface area contributed by atoms with E-state index in [2.05, 4.69) is 5.10 Å². The molecule has 3 rings (SSSR count). The number of carbonyl (C=O) groups excluding carboxylic acids is 1. The van der Waals surface area contributed by atoms with E-state index in [1.807, 2.05) is 4.90 Å². The molecule has 128 valence electrons. The Hall–Kier alpha value is -1.53. The molecule has 1 saturated carbocycles. The van der Waals surface area contributed by atoms with Crippen molar-refractivity contribution in [2.45, 2.75) is 57.2 Å². The lowest BCUT2D eigenvalue weighted by Crippen LogP contribution is -2.39. The molecule has 0 N–H and O–H groups in total. The second-order valence-corrected chi connectivity index (χ2v) is 6.65. The zero-order valence-corrected chi connectivity index (χ0v) is 13.1. The normalized spacial score (nSPS) is 21.1. The molecule has 1 aromatic rings. The Morgan fingerprint density at radius 2 is 1.83 bits per heavy atom. The predicted octanol–water partition coefficient (Wildman–Crippen LogP) is 3.65. The summed E-state index contributed by atoms with van der Waals surface area (Å²) < 4.78 is 39.2. The Labute approximate surface area is 133 Å². The van der Waals surface area contributed by atoms with Gasteiger partial charge in [0.15, 0.2) is 5.69 Å². The molecule has 0 unspecified atom stereocenters. The van der Waals surface area contributed by atoms with Crippen molar-refractivity contribution in [1.29, 1.82) is 0 Å².